The van der Waals surface area contributed by atoms with Gasteiger partial charge in [-0.3, -0.25) is 4.79 Å². The molecule has 0 N–H and O–H groups in total. The Morgan fingerprint density at radius 2 is 2.08 bits per heavy atom. The van der Waals surface area contributed by atoms with Crippen LogP contribution in [0.5, 0.6) is 11.5 Å². The molecule has 0 saturated heterocycles. The van der Waals surface area contributed by atoms with Gasteiger partial charge in [-0.05, 0) is 49.6 Å². The van der Waals surface area contributed by atoms with Crippen LogP contribution in [0.1, 0.15) is 35.7 Å². The third-order valence-corrected chi connectivity index (χ3v) is 4.54. The lowest BCUT2D eigenvalue weighted by molar-refractivity contribution is 0.0729. The summed E-state index contributed by atoms with van der Waals surface area (Å²) in [5, 5.41) is 0.330. The summed E-state index contributed by atoms with van der Waals surface area (Å²) in [5.41, 5.74) is 1.19. The Bertz CT molecular complexity index is 808. The first-order chi connectivity index (χ1) is 12.5. The number of benzene rings is 2. The number of ether oxygens (including phenoxy) is 2. The van der Waals surface area contributed by atoms with Crippen LogP contribution >= 0.6 is 11.6 Å². The molecule has 0 aromatic heterocycles. The smallest absolute Gasteiger partial charge is 0.254 e. The first-order valence-electron chi connectivity index (χ1n) is 8.59. The third kappa shape index (κ3) is 4.10. The zero-order valence-corrected chi connectivity index (χ0v) is 15.6. The van der Waals surface area contributed by atoms with Gasteiger partial charge in [0.15, 0.2) is 11.5 Å². The molecule has 2 aromatic rings. The number of halogens is 2. The molecule has 1 amide bonds. The van der Waals surface area contributed by atoms with Crippen LogP contribution in [-0.4, -0.2) is 30.6 Å². The molecule has 138 valence electrons. The molecule has 3 rings (SSSR count). The number of nitrogens with zero attached hydrogens (tertiary/aromatic N) is 1. The van der Waals surface area contributed by atoms with Crippen LogP contribution in [0.2, 0.25) is 5.02 Å². The molecule has 0 radical (unpaired) electrons. The van der Waals surface area contributed by atoms with Gasteiger partial charge >= 0.3 is 0 Å². The molecule has 0 spiro atoms. The van der Waals surface area contributed by atoms with Crippen molar-refractivity contribution in [2.45, 2.75) is 32.4 Å². The van der Waals surface area contributed by atoms with Gasteiger partial charge in [-0.1, -0.05) is 23.7 Å². The van der Waals surface area contributed by atoms with Crippen LogP contribution in [0, 0.1) is 5.82 Å². The van der Waals surface area contributed by atoms with Crippen molar-refractivity contribution in [3.63, 3.8) is 0 Å². The molecule has 1 saturated carbocycles. The van der Waals surface area contributed by atoms with E-state index < -0.39 is 0 Å². The molecular formula is C20H21ClFNO3. The SMILES string of the molecule is CCOc1c(Cl)cc(C(=O)N(Cc2cccc(F)c2)C2CC2)cc1OC. The molecule has 6 heteroatoms. The van der Waals surface area contributed by atoms with Gasteiger partial charge in [-0.2, -0.15) is 0 Å². The van der Waals surface area contributed by atoms with E-state index in [1.807, 2.05) is 13.0 Å². The Hall–Kier alpha value is -2.27. The van der Waals surface area contributed by atoms with E-state index in [1.165, 1.54) is 19.2 Å². The molecule has 0 atom stereocenters. The highest BCUT2D eigenvalue weighted by Crippen LogP contribution is 2.38. The van der Waals surface area contributed by atoms with Gasteiger partial charge in [0.1, 0.15) is 5.82 Å². The second-order valence-electron chi connectivity index (χ2n) is 6.22. The zero-order chi connectivity index (χ0) is 18.7. The Labute approximate surface area is 157 Å². The van der Waals surface area contributed by atoms with Crippen molar-refractivity contribution in [2.24, 2.45) is 0 Å². The van der Waals surface area contributed by atoms with Crippen molar-refractivity contribution in [3.05, 3.63) is 58.4 Å². The number of amides is 1. The molecule has 0 aliphatic heterocycles. The minimum Gasteiger partial charge on any atom is -0.493 e. The van der Waals surface area contributed by atoms with Gasteiger partial charge in [0.05, 0.1) is 18.7 Å². The topological polar surface area (TPSA) is 38.8 Å². The summed E-state index contributed by atoms with van der Waals surface area (Å²) >= 11 is 6.29. The minimum atomic E-state index is -0.309. The molecule has 0 heterocycles. The maximum atomic E-state index is 13.5. The third-order valence-electron chi connectivity index (χ3n) is 4.26. The van der Waals surface area contributed by atoms with Crippen LogP contribution in [-0.2, 0) is 6.54 Å². The second-order valence-corrected chi connectivity index (χ2v) is 6.62. The molecule has 26 heavy (non-hydrogen) atoms. The first kappa shape index (κ1) is 18.5. The van der Waals surface area contributed by atoms with E-state index in [0.29, 0.717) is 35.2 Å². The monoisotopic (exact) mass is 377 g/mol. The van der Waals surface area contributed by atoms with Crippen molar-refractivity contribution in [2.75, 3.05) is 13.7 Å². The van der Waals surface area contributed by atoms with Crippen molar-refractivity contribution in [1.82, 2.24) is 4.90 Å². The lowest BCUT2D eigenvalue weighted by Gasteiger charge is -2.23. The standard InChI is InChI=1S/C20H21ClFNO3/c1-3-26-19-17(21)10-14(11-18(19)25-2)20(24)23(16-7-8-16)12-13-5-4-6-15(22)9-13/h4-6,9-11,16H,3,7-8,12H2,1-2H3. The number of hydrogen-bond donors (Lipinski definition) is 0. The molecule has 1 fully saturated rings. The quantitative estimate of drug-likeness (QED) is 0.702. The van der Waals surface area contributed by atoms with E-state index in [0.717, 1.165) is 18.4 Å². The molecule has 0 unspecified atom stereocenters. The van der Waals surface area contributed by atoms with E-state index in [2.05, 4.69) is 0 Å². The number of carbonyl (C=O) groups excluding carboxylic acids is 1. The Balaban J connectivity index is 1.89. The zero-order valence-electron chi connectivity index (χ0n) is 14.8. The van der Waals surface area contributed by atoms with E-state index in [1.54, 1.807) is 23.1 Å². The fraction of sp³-hybridized carbons (Fsp3) is 0.350. The summed E-state index contributed by atoms with van der Waals surface area (Å²) < 4.78 is 24.3. The number of carbonyl (C=O) groups is 1. The first-order valence-corrected chi connectivity index (χ1v) is 8.97. The molecule has 1 aliphatic rings. The number of rotatable bonds is 7. The Morgan fingerprint density at radius 3 is 2.69 bits per heavy atom. The lowest BCUT2D eigenvalue weighted by atomic mass is 10.1. The van der Waals surface area contributed by atoms with Crippen LogP contribution in [0.4, 0.5) is 4.39 Å². The van der Waals surface area contributed by atoms with E-state index in [-0.39, 0.29) is 17.8 Å². The summed E-state index contributed by atoms with van der Waals surface area (Å²) in [7, 11) is 1.51. The largest absolute Gasteiger partial charge is 0.493 e. The van der Waals surface area contributed by atoms with Crippen molar-refractivity contribution in [1.29, 1.82) is 0 Å². The average molecular weight is 378 g/mol. The van der Waals surface area contributed by atoms with Crippen molar-refractivity contribution < 1.29 is 18.7 Å². The molecule has 0 bridgehead atoms. The van der Waals surface area contributed by atoms with Crippen LogP contribution in [0.15, 0.2) is 36.4 Å². The van der Waals surface area contributed by atoms with Gasteiger partial charge < -0.3 is 14.4 Å². The van der Waals surface area contributed by atoms with Crippen molar-refractivity contribution in [3.8, 4) is 11.5 Å². The number of hydrogen-bond acceptors (Lipinski definition) is 3. The molecular weight excluding hydrogens is 357 g/mol. The van der Waals surface area contributed by atoms with Crippen LogP contribution in [0.25, 0.3) is 0 Å². The number of methoxy groups -OCH3 is 1. The van der Waals surface area contributed by atoms with Crippen molar-refractivity contribution >= 4 is 17.5 Å². The summed E-state index contributed by atoms with van der Waals surface area (Å²) in [6.07, 6.45) is 1.89. The normalized spacial score (nSPS) is 13.4. The summed E-state index contributed by atoms with van der Waals surface area (Å²) in [6.45, 7) is 2.65. The predicted molar refractivity (Wildman–Crippen MR) is 98.5 cm³/mol. The summed E-state index contributed by atoms with van der Waals surface area (Å²) in [5.74, 6) is 0.386. The van der Waals surface area contributed by atoms with Crippen LogP contribution < -0.4 is 9.47 Å². The predicted octanol–water partition coefficient (Wildman–Crippen LogP) is 4.69. The lowest BCUT2D eigenvalue weighted by Crippen LogP contribution is -2.32. The highest BCUT2D eigenvalue weighted by atomic mass is 35.5. The molecule has 1 aliphatic carbocycles. The fourth-order valence-corrected chi connectivity index (χ4v) is 3.14. The maximum absolute atomic E-state index is 13.5. The van der Waals surface area contributed by atoms with E-state index in [9.17, 15) is 9.18 Å². The summed E-state index contributed by atoms with van der Waals surface area (Å²) in [4.78, 5) is 14.8. The highest BCUT2D eigenvalue weighted by molar-refractivity contribution is 6.32. The maximum Gasteiger partial charge on any atom is 0.254 e. The van der Waals surface area contributed by atoms with E-state index >= 15 is 0 Å². The molecule has 2 aromatic carbocycles. The van der Waals surface area contributed by atoms with Gasteiger partial charge in [0.25, 0.3) is 5.91 Å². The Morgan fingerprint density at radius 1 is 1.31 bits per heavy atom. The van der Waals surface area contributed by atoms with Gasteiger partial charge in [0.2, 0.25) is 0 Å². The molecule has 4 nitrogen and oxygen atoms in total. The Kier molecular flexibility index (Phi) is 5.67. The second kappa shape index (κ2) is 7.96. The van der Waals surface area contributed by atoms with Gasteiger partial charge in [0, 0.05) is 18.2 Å². The van der Waals surface area contributed by atoms with Crippen LogP contribution in [0.3, 0.4) is 0 Å². The van der Waals surface area contributed by atoms with Gasteiger partial charge in [-0.25, -0.2) is 4.39 Å². The highest BCUT2D eigenvalue weighted by Gasteiger charge is 2.33. The van der Waals surface area contributed by atoms with E-state index in [4.69, 9.17) is 21.1 Å². The average Bonchev–Trinajstić information content (AvgIpc) is 3.45. The minimum absolute atomic E-state index is 0.153. The van der Waals surface area contributed by atoms with Gasteiger partial charge in [-0.15, -0.1) is 0 Å². The fourth-order valence-electron chi connectivity index (χ4n) is 2.88. The summed E-state index contributed by atoms with van der Waals surface area (Å²) in [6, 6.07) is 9.72.